The van der Waals surface area contributed by atoms with Crippen LogP contribution in [0.2, 0.25) is 0 Å². The molecule has 5 heteroatoms. The van der Waals surface area contributed by atoms with Crippen LogP contribution in [0.25, 0.3) is 64.8 Å². The molecule has 0 amide bonds. The van der Waals surface area contributed by atoms with Gasteiger partial charge in [0.15, 0.2) is 5.78 Å². The smallest absolute Gasteiger partial charge is 0.162 e. The normalized spacial score (nSPS) is 12.8. The van der Waals surface area contributed by atoms with E-state index in [1.807, 2.05) is 33.8 Å². The van der Waals surface area contributed by atoms with Crippen LogP contribution in [0, 0.1) is 23.7 Å². The molecule has 53 heavy (non-hydrogen) atoms. The van der Waals surface area contributed by atoms with Gasteiger partial charge in [0.1, 0.15) is 5.82 Å². The predicted octanol–water partition coefficient (Wildman–Crippen LogP) is 13.8. The third-order valence-corrected chi connectivity index (χ3v) is 11.1. The first kappa shape index (κ1) is 40.3. The van der Waals surface area contributed by atoms with E-state index in [2.05, 4.69) is 102 Å². The SMILES string of the molecule is CC(C)(C)c1ccc2c(c1)c1cc(C(C)(C)C)cc3c4cc5ccccc5[c-]c4c4ncc(F)c2c4c31.CCC(CC)C(=O)/C=C(\O)C(CC)CC.[Ir]. The van der Waals surface area contributed by atoms with Crippen LogP contribution in [-0.4, -0.2) is 15.9 Å². The molecule has 0 aliphatic rings. The second-order valence-electron chi connectivity index (χ2n) is 16.6. The molecular weight excluding hydrogens is 834 g/mol. The number of carbonyl (C=O) groups excluding carboxylic acids is 1. The fourth-order valence-electron chi connectivity index (χ4n) is 7.75. The Morgan fingerprint density at radius 1 is 0.736 bits per heavy atom. The molecule has 0 saturated carbocycles. The van der Waals surface area contributed by atoms with Gasteiger partial charge >= 0.3 is 0 Å². The Morgan fingerprint density at radius 3 is 1.92 bits per heavy atom. The van der Waals surface area contributed by atoms with Crippen LogP contribution < -0.4 is 0 Å². The molecule has 0 aliphatic heterocycles. The molecule has 0 atom stereocenters. The predicted molar refractivity (Wildman–Crippen MR) is 221 cm³/mol. The molecule has 3 nitrogen and oxygen atoms in total. The van der Waals surface area contributed by atoms with Crippen LogP contribution >= 0.6 is 0 Å². The molecule has 0 spiro atoms. The van der Waals surface area contributed by atoms with Gasteiger partial charge in [0.2, 0.25) is 0 Å². The number of hydrogen-bond donors (Lipinski definition) is 1. The molecule has 6 aromatic carbocycles. The molecule has 0 aliphatic carbocycles. The third-order valence-electron chi connectivity index (χ3n) is 11.1. The maximum absolute atomic E-state index is 15.7. The number of allylic oxidation sites excluding steroid dienone is 2. The fraction of sp³-hybridized carbons (Fsp3) is 0.375. The van der Waals surface area contributed by atoms with Gasteiger partial charge in [-0.05, 0) is 86.0 Å². The van der Waals surface area contributed by atoms with Crippen molar-refractivity contribution < 1.29 is 34.4 Å². The first-order valence-electron chi connectivity index (χ1n) is 19.1. The van der Waals surface area contributed by atoms with Crippen molar-refractivity contribution in [3.05, 3.63) is 102 Å². The summed E-state index contributed by atoms with van der Waals surface area (Å²) in [6.45, 7) is 21.5. The summed E-state index contributed by atoms with van der Waals surface area (Å²) in [5, 5.41) is 21.0. The number of pyridine rings is 1. The maximum atomic E-state index is 15.7. The molecule has 279 valence electrons. The van der Waals surface area contributed by atoms with Gasteiger partial charge in [0.05, 0.1) is 12.0 Å². The minimum absolute atomic E-state index is 0. The van der Waals surface area contributed by atoms with Gasteiger partial charge in [-0.1, -0.05) is 128 Å². The van der Waals surface area contributed by atoms with Crippen molar-refractivity contribution in [1.29, 1.82) is 0 Å². The van der Waals surface area contributed by atoms with Crippen molar-refractivity contribution in [1.82, 2.24) is 4.98 Å². The molecule has 1 aromatic heterocycles. The molecule has 0 fully saturated rings. The Labute approximate surface area is 327 Å². The van der Waals surface area contributed by atoms with Crippen LogP contribution in [-0.2, 0) is 35.7 Å². The van der Waals surface area contributed by atoms with Crippen molar-refractivity contribution >= 4 is 70.5 Å². The summed E-state index contributed by atoms with van der Waals surface area (Å²) in [4.78, 5) is 16.4. The van der Waals surface area contributed by atoms with Crippen LogP contribution in [0.3, 0.4) is 0 Å². The van der Waals surface area contributed by atoms with Crippen molar-refractivity contribution in [3.8, 4) is 0 Å². The van der Waals surface area contributed by atoms with E-state index in [4.69, 9.17) is 4.98 Å². The molecule has 0 bridgehead atoms. The summed E-state index contributed by atoms with van der Waals surface area (Å²) < 4.78 is 15.7. The van der Waals surface area contributed by atoms with E-state index in [1.165, 1.54) is 28.8 Å². The molecule has 1 heterocycles. The van der Waals surface area contributed by atoms with Crippen molar-refractivity contribution in [3.63, 3.8) is 0 Å². The topological polar surface area (TPSA) is 50.2 Å². The van der Waals surface area contributed by atoms with E-state index < -0.39 is 0 Å². The summed E-state index contributed by atoms with van der Waals surface area (Å²) in [5.41, 5.74) is 3.27. The summed E-state index contributed by atoms with van der Waals surface area (Å²) >= 11 is 0. The number of rotatable bonds is 7. The van der Waals surface area contributed by atoms with Gasteiger partial charge in [-0.3, -0.25) is 9.78 Å². The molecule has 1 N–H and O–H groups in total. The van der Waals surface area contributed by atoms with E-state index in [0.29, 0.717) is 5.39 Å². The number of ketones is 1. The molecule has 0 unspecified atom stereocenters. The number of carbonyl (C=O) groups is 1. The largest absolute Gasteiger partial charge is 0.512 e. The number of aliphatic hydroxyl groups excluding tert-OH is 1. The molecule has 1 radical (unpaired) electrons. The number of aromatic nitrogens is 1. The number of hydrogen-bond acceptors (Lipinski definition) is 3. The van der Waals surface area contributed by atoms with Crippen molar-refractivity contribution in [2.75, 3.05) is 0 Å². The quantitative estimate of drug-likeness (QED) is 0.0570. The van der Waals surface area contributed by atoms with Crippen molar-refractivity contribution in [2.24, 2.45) is 11.8 Å². The van der Waals surface area contributed by atoms with Gasteiger partial charge in [0, 0.05) is 48.9 Å². The summed E-state index contributed by atoms with van der Waals surface area (Å²) in [6, 6.07) is 25.4. The zero-order valence-electron chi connectivity index (χ0n) is 32.9. The Hall–Kier alpha value is -3.92. The third kappa shape index (κ3) is 7.45. The zero-order chi connectivity index (χ0) is 37.7. The summed E-state index contributed by atoms with van der Waals surface area (Å²) in [7, 11) is 0. The first-order chi connectivity index (χ1) is 24.6. The zero-order valence-corrected chi connectivity index (χ0v) is 35.3. The van der Waals surface area contributed by atoms with Gasteiger partial charge < -0.3 is 5.11 Å². The summed E-state index contributed by atoms with van der Waals surface area (Å²) in [5.74, 6) is 0.273. The van der Waals surface area contributed by atoms with Crippen LogP contribution in [0.4, 0.5) is 4.39 Å². The second kappa shape index (κ2) is 15.4. The molecule has 7 aromatic rings. The average Bonchev–Trinajstić information content (AvgIpc) is 3.11. The maximum Gasteiger partial charge on any atom is 0.162 e. The minimum atomic E-state index is -0.274. The Bertz CT molecular complexity index is 2480. The number of benzene rings is 6. The van der Waals surface area contributed by atoms with Crippen LogP contribution in [0.15, 0.2) is 78.7 Å². The van der Waals surface area contributed by atoms with Crippen LogP contribution in [0.5, 0.6) is 0 Å². The first-order valence-corrected chi connectivity index (χ1v) is 19.1. The number of nitrogens with zero attached hydrogens (tertiary/aromatic N) is 1. The minimum Gasteiger partial charge on any atom is -0.512 e. The Morgan fingerprint density at radius 2 is 1.32 bits per heavy atom. The van der Waals surface area contributed by atoms with E-state index in [9.17, 15) is 9.90 Å². The summed E-state index contributed by atoms with van der Waals surface area (Å²) in [6.07, 6.45) is 6.30. The molecule has 0 saturated heterocycles. The van der Waals surface area contributed by atoms with E-state index in [1.54, 1.807) is 0 Å². The van der Waals surface area contributed by atoms with Gasteiger partial charge in [-0.25, -0.2) is 4.39 Å². The van der Waals surface area contributed by atoms with Gasteiger partial charge in [0.25, 0.3) is 0 Å². The Balaban J connectivity index is 0.000000290. The standard InChI is InChI=1S/C35H29FN.C13H24O2.Ir/c1-34(2,3)21-11-12-23-25(15-21)27-17-22(35(4,5)6)16-26-24-13-19-9-7-8-10-20(19)14-28(24)33-32(30(26)27)31(23)29(36)18-37-33;1-5-10(6-2)12(14)9-13(15)11(7-3)8-4;/h7-13,15-18H,1-6H3;9-11,14H,5-8H2,1-4H3;/q-1;;/b;12-9-;. The number of fused-ring (bicyclic) bond motifs is 7. The Kier molecular flexibility index (Phi) is 11.7. The monoisotopic (exact) mass is 887 g/mol. The molecule has 7 rings (SSSR count). The van der Waals surface area contributed by atoms with E-state index >= 15 is 4.39 Å². The van der Waals surface area contributed by atoms with Crippen molar-refractivity contribution in [2.45, 2.75) is 106 Å². The van der Waals surface area contributed by atoms with Gasteiger partial charge in [-0.2, -0.15) is 0 Å². The fourth-order valence-corrected chi connectivity index (χ4v) is 7.75. The number of aliphatic hydroxyl groups is 1. The van der Waals surface area contributed by atoms with E-state index in [-0.39, 0.29) is 60.1 Å². The van der Waals surface area contributed by atoms with Crippen LogP contribution in [0.1, 0.15) is 106 Å². The van der Waals surface area contributed by atoms with Gasteiger partial charge in [-0.15, -0.1) is 23.6 Å². The molecular formula is C48H53FIrNO2-. The number of halogens is 1. The average molecular weight is 887 g/mol. The van der Waals surface area contributed by atoms with E-state index in [0.717, 1.165) is 79.7 Å². The second-order valence-corrected chi connectivity index (χ2v) is 16.6.